The van der Waals surface area contributed by atoms with Crippen molar-refractivity contribution in [3.8, 4) is 5.75 Å². The Bertz CT molecular complexity index is 539. The summed E-state index contributed by atoms with van der Waals surface area (Å²) >= 11 is 0. The normalized spacial score (nSPS) is 12.4. The van der Waals surface area contributed by atoms with E-state index in [0.717, 1.165) is 11.3 Å². The molecule has 0 saturated carbocycles. The largest absolute Gasteiger partial charge is 0.494 e. The Hall–Kier alpha value is -1.88. The maximum absolute atomic E-state index is 13.4. The summed E-state index contributed by atoms with van der Waals surface area (Å²) in [6, 6.07) is 6.73. The summed E-state index contributed by atoms with van der Waals surface area (Å²) in [5, 5.41) is 7.34. The molecule has 0 aliphatic heterocycles. The Labute approximate surface area is 105 Å². The second kappa shape index (κ2) is 5.18. The summed E-state index contributed by atoms with van der Waals surface area (Å²) in [6.07, 6.45) is 1.74. The molecule has 1 aromatic carbocycles. The van der Waals surface area contributed by atoms with E-state index in [4.69, 9.17) is 4.74 Å². The van der Waals surface area contributed by atoms with Crippen LogP contribution >= 0.6 is 0 Å². The monoisotopic (exact) mass is 249 g/mol. The lowest BCUT2D eigenvalue weighted by Gasteiger charge is -2.18. The topological polar surface area (TPSA) is 39.1 Å². The van der Waals surface area contributed by atoms with Gasteiger partial charge in [0, 0.05) is 13.2 Å². The Morgan fingerprint density at radius 2 is 2.17 bits per heavy atom. The number of nitrogens with one attached hydrogen (secondary N) is 1. The number of aryl methyl sites for hydroxylation is 1. The zero-order valence-corrected chi connectivity index (χ0v) is 10.6. The fourth-order valence-electron chi connectivity index (χ4n) is 2.01. The number of ether oxygens (including phenoxy) is 1. The number of methoxy groups -OCH3 is 1. The van der Waals surface area contributed by atoms with E-state index in [-0.39, 0.29) is 17.6 Å². The molecule has 0 aliphatic carbocycles. The molecule has 0 bridgehead atoms. The lowest BCUT2D eigenvalue weighted by Crippen LogP contribution is -2.20. The van der Waals surface area contributed by atoms with Gasteiger partial charge >= 0.3 is 0 Å². The highest BCUT2D eigenvalue weighted by atomic mass is 19.1. The number of benzene rings is 1. The molecule has 1 unspecified atom stereocenters. The third-order valence-corrected chi connectivity index (χ3v) is 2.95. The average molecular weight is 249 g/mol. The molecule has 0 fully saturated rings. The zero-order chi connectivity index (χ0) is 13.1. The van der Waals surface area contributed by atoms with Gasteiger partial charge in [-0.2, -0.15) is 5.10 Å². The quantitative estimate of drug-likeness (QED) is 0.899. The first-order chi connectivity index (χ1) is 8.67. The van der Waals surface area contributed by atoms with E-state index in [2.05, 4.69) is 10.4 Å². The third kappa shape index (κ3) is 2.22. The number of rotatable bonds is 4. The van der Waals surface area contributed by atoms with Crippen molar-refractivity contribution in [1.29, 1.82) is 0 Å². The molecule has 0 spiro atoms. The van der Waals surface area contributed by atoms with Crippen LogP contribution in [0.25, 0.3) is 0 Å². The molecule has 0 radical (unpaired) electrons. The molecule has 4 nitrogen and oxygen atoms in total. The third-order valence-electron chi connectivity index (χ3n) is 2.95. The first-order valence-electron chi connectivity index (χ1n) is 5.66. The summed E-state index contributed by atoms with van der Waals surface area (Å²) < 4.78 is 20.2. The SMILES string of the molecule is CNC(c1ccc(F)c(OC)c1)c1ccnn1C. The maximum atomic E-state index is 13.4. The molecule has 0 aliphatic rings. The van der Waals surface area contributed by atoms with Gasteiger partial charge in [0.25, 0.3) is 0 Å². The molecule has 96 valence electrons. The molecule has 1 aromatic heterocycles. The van der Waals surface area contributed by atoms with Gasteiger partial charge in [0.05, 0.1) is 18.8 Å². The van der Waals surface area contributed by atoms with Crippen molar-refractivity contribution in [2.24, 2.45) is 7.05 Å². The minimum atomic E-state index is -0.360. The predicted molar refractivity (Wildman–Crippen MR) is 67.1 cm³/mol. The van der Waals surface area contributed by atoms with Gasteiger partial charge in [0.1, 0.15) is 0 Å². The van der Waals surface area contributed by atoms with Gasteiger partial charge in [-0.25, -0.2) is 4.39 Å². The van der Waals surface area contributed by atoms with Gasteiger partial charge in [-0.3, -0.25) is 4.68 Å². The van der Waals surface area contributed by atoms with Crippen molar-refractivity contribution >= 4 is 0 Å². The molecule has 1 atom stereocenters. The summed E-state index contributed by atoms with van der Waals surface area (Å²) in [5.74, 6) is -0.115. The standard InChI is InChI=1S/C13H16FN3O/c1-15-13(11-6-7-16-17(11)2)9-4-5-10(14)12(8-9)18-3/h4-8,13,15H,1-3H3. The van der Waals surface area contributed by atoms with E-state index >= 15 is 0 Å². The molecule has 5 heteroatoms. The Kier molecular flexibility index (Phi) is 3.62. The van der Waals surface area contributed by atoms with Crippen molar-refractivity contribution < 1.29 is 9.13 Å². The smallest absolute Gasteiger partial charge is 0.165 e. The first kappa shape index (κ1) is 12.6. The van der Waals surface area contributed by atoms with Crippen LogP contribution in [-0.2, 0) is 7.05 Å². The molecule has 2 aromatic rings. The van der Waals surface area contributed by atoms with Crippen molar-refractivity contribution in [3.63, 3.8) is 0 Å². The Balaban J connectivity index is 2.42. The number of aromatic nitrogens is 2. The van der Waals surface area contributed by atoms with Crippen molar-refractivity contribution in [3.05, 3.63) is 47.5 Å². The predicted octanol–water partition coefficient (Wildman–Crippen LogP) is 1.88. The van der Waals surface area contributed by atoms with E-state index in [1.807, 2.05) is 20.2 Å². The number of hydrogen-bond donors (Lipinski definition) is 1. The van der Waals surface area contributed by atoms with Crippen LogP contribution in [0.1, 0.15) is 17.3 Å². The van der Waals surface area contributed by atoms with Gasteiger partial charge in [-0.05, 0) is 30.8 Å². The lowest BCUT2D eigenvalue weighted by molar-refractivity contribution is 0.385. The molecular formula is C13H16FN3O. The maximum Gasteiger partial charge on any atom is 0.165 e. The van der Waals surface area contributed by atoms with Crippen LogP contribution in [0.2, 0.25) is 0 Å². The summed E-state index contributed by atoms with van der Waals surface area (Å²) in [7, 11) is 5.19. The second-order valence-electron chi connectivity index (χ2n) is 4.00. The van der Waals surface area contributed by atoms with Crippen LogP contribution in [0.5, 0.6) is 5.75 Å². The number of nitrogens with zero attached hydrogens (tertiary/aromatic N) is 2. The van der Waals surface area contributed by atoms with E-state index in [1.54, 1.807) is 23.0 Å². The molecule has 0 amide bonds. The van der Waals surface area contributed by atoms with Gasteiger partial charge in [-0.1, -0.05) is 6.07 Å². The zero-order valence-electron chi connectivity index (χ0n) is 10.6. The Morgan fingerprint density at radius 3 is 2.72 bits per heavy atom. The second-order valence-corrected chi connectivity index (χ2v) is 4.00. The first-order valence-corrected chi connectivity index (χ1v) is 5.66. The van der Waals surface area contributed by atoms with Crippen LogP contribution in [-0.4, -0.2) is 23.9 Å². The van der Waals surface area contributed by atoms with Gasteiger partial charge in [-0.15, -0.1) is 0 Å². The highest BCUT2D eigenvalue weighted by Gasteiger charge is 2.17. The summed E-state index contributed by atoms with van der Waals surface area (Å²) in [4.78, 5) is 0. The van der Waals surface area contributed by atoms with Crippen LogP contribution in [0.15, 0.2) is 30.5 Å². The van der Waals surface area contributed by atoms with Crippen LogP contribution in [0.4, 0.5) is 4.39 Å². The summed E-state index contributed by atoms with van der Waals surface area (Å²) in [6.45, 7) is 0. The fraction of sp³-hybridized carbons (Fsp3) is 0.308. The van der Waals surface area contributed by atoms with Gasteiger partial charge < -0.3 is 10.1 Å². The van der Waals surface area contributed by atoms with E-state index in [9.17, 15) is 4.39 Å². The van der Waals surface area contributed by atoms with E-state index in [0.29, 0.717) is 0 Å². The molecule has 18 heavy (non-hydrogen) atoms. The van der Waals surface area contributed by atoms with Gasteiger partial charge in [0.15, 0.2) is 11.6 Å². The highest BCUT2D eigenvalue weighted by molar-refractivity contribution is 5.35. The summed E-state index contributed by atoms with van der Waals surface area (Å²) in [5.41, 5.74) is 1.94. The highest BCUT2D eigenvalue weighted by Crippen LogP contribution is 2.26. The molecule has 2 rings (SSSR count). The molecule has 0 saturated heterocycles. The van der Waals surface area contributed by atoms with Crippen molar-refractivity contribution in [1.82, 2.24) is 15.1 Å². The van der Waals surface area contributed by atoms with Crippen molar-refractivity contribution in [2.75, 3.05) is 14.2 Å². The van der Waals surface area contributed by atoms with Crippen molar-refractivity contribution in [2.45, 2.75) is 6.04 Å². The minimum Gasteiger partial charge on any atom is -0.494 e. The van der Waals surface area contributed by atoms with E-state index in [1.165, 1.54) is 13.2 Å². The fourth-order valence-corrected chi connectivity index (χ4v) is 2.01. The average Bonchev–Trinajstić information content (AvgIpc) is 2.79. The number of hydrogen-bond acceptors (Lipinski definition) is 3. The van der Waals surface area contributed by atoms with Gasteiger partial charge in [0.2, 0.25) is 0 Å². The molecular weight excluding hydrogens is 233 g/mol. The minimum absolute atomic E-state index is 0.0491. The van der Waals surface area contributed by atoms with Crippen LogP contribution in [0, 0.1) is 5.82 Å². The Morgan fingerprint density at radius 1 is 1.39 bits per heavy atom. The lowest BCUT2D eigenvalue weighted by atomic mass is 10.0. The molecule has 1 heterocycles. The van der Waals surface area contributed by atoms with Crippen LogP contribution < -0.4 is 10.1 Å². The molecule has 1 N–H and O–H groups in total. The number of halogens is 1. The van der Waals surface area contributed by atoms with Crippen LogP contribution in [0.3, 0.4) is 0 Å². The van der Waals surface area contributed by atoms with E-state index < -0.39 is 0 Å².